The van der Waals surface area contributed by atoms with Crippen LogP contribution in [0.1, 0.15) is 28.7 Å². The lowest BCUT2D eigenvalue weighted by atomic mass is 10.2. The highest BCUT2D eigenvalue weighted by atomic mass is 32.2. The van der Waals surface area contributed by atoms with E-state index in [1.807, 2.05) is 27.2 Å². The minimum Gasteiger partial charge on any atom is -0.361 e. The number of aryl methyl sites for hydroxylation is 2. The Labute approximate surface area is 116 Å². The maximum atomic E-state index is 5.21. The summed E-state index contributed by atoms with van der Waals surface area (Å²) in [7, 11) is 2.00. The predicted molar refractivity (Wildman–Crippen MR) is 72.7 cm³/mol. The Morgan fingerprint density at radius 2 is 1.95 bits per heavy atom. The van der Waals surface area contributed by atoms with E-state index in [2.05, 4.69) is 20.2 Å². The first-order valence-corrected chi connectivity index (χ1v) is 7.40. The van der Waals surface area contributed by atoms with E-state index in [1.54, 1.807) is 11.8 Å². The Morgan fingerprint density at radius 3 is 2.58 bits per heavy atom. The summed E-state index contributed by atoms with van der Waals surface area (Å²) in [5.74, 6) is 3.02. The first-order chi connectivity index (χ1) is 9.10. The van der Waals surface area contributed by atoms with Crippen LogP contribution in [0.25, 0.3) is 0 Å². The summed E-state index contributed by atoms with van der Waals surface area (Å²) in [6.07, 6.45) is 2.01. The molecule has 0 saturated heterocycles. The third-order valence-electron chi connectivity index (χ3n) is 2.80. The van der Waals surface area contributed by atoms with E-state index >= 15 is 0 Å². The number of thioether (sulfide) groups is 1. The van der Waals surface area contributed by atoms with Crippen LogP contribution in [0.15, 0.2) is 9.05 Å². The van der Waals surface area contributed by atoms with Gasteiger partial charge >= 0.3 is 0 Å². The Balaban J connectivity index is 1.95. The van der Waals surface area contributed by atoms with E-state index < -0.39 is 0 Å². The number of hydrogen-bond acceptors (Lipinski definition) is 7. The van der Waals surface area contributed by atoms with Gasteiger partial charge in [0.15, 0.2) is 5.82 Å². The van der Waals surface area contributed by atoms with Gasteiger partial charge in [0.2, 0.25) is 5.89 Å². The fourth-order valence-corrected chi connectivity index (χ4v) is 2.20. The van der Waals surface area contributed by atoms with Crippen LogP contribution in [0, 0.1) is 13.8 Å². The van der Waals surface area contributed by atoms with E-state index in [0.29, 0.717) is 12.4 Å². The van der Waals surface area contributed by atoms with Crippen LogP contribution in [-0.2, 0) is 18.8 Å². The fourth-order valence-electron chi connectivity index (χ4n) is 1.83. The zero-order valence-electron chi connectivity index (χ0n) is 11.6. The van der Waals surface area contributed by atoms with E-state index in [1.165, 1.54) is 0 Å². The summed E-state index contributed by atoms with van der Waals surface area (Å²) in [5.41, 5.74) is 2.05. The molecule has 0 atom stereocenters. The topological polar surface area (TPSA) is 68.2 Å². The lowest BCUT2D eigenvalue weighted by Crippen LogP contribution is -2.18. The number of hydrogen-bond donors (Lipinski definition) is 0. The molecule has 0 fully saturated rings. The van der Waals surface area contributed by atoms with Crippen LogP contribution in [0.2, 0.25) is 0 Å². The molecule has 2 aromatic heterocycles. The minimum absolute atomic E-state index is 0.617. The van der Waals surface area contributed by atoms with Gasteiger partial charge in [-0.15, -0.1) is 0 Å². The average molecular weight is 282 g/mol. The van der Waals surface area contributed by atoms with Crippen molar-refractivity contribution in [1.29, 1.82) is 0 Å². The molecule has 2 rings (SSSR count). The Morgan fingerprint density at radius 1 is 1.16 bits per heavy atom. The second-order valence-corrected chi connectivity index (χ2v) is 5.38. The highest BCUT2D eigenvalue weighted by molar-refractivity contribution is 7.97. The van der Waals surface area contributed by atoms with Crippen molar-refractivity contribution in [2.75, 3.05) is 13.3 Å². The quantitative estimate of drug-likeness (QED) is 0.804. The second kappa shape index (κ2) is 6.21. The molecule has 0 aromatic carbocycles. The van der Waals surface area contributed by atoms with Crippen LogP contribution >= 0.6 is 11.8 Å². The molecule has 7 heteroatoms. The largest absolute Gasteiger partial charge is 0.361 e. The number of nitrogens with zero attached hydrogens (tertiary/aromatic N) is 4. The zero-order chi connectivity index (χ0) is 13.8. The summed E-state index contributed by atoms with van der Waals surface area (Å²) in [4.78, 5) is 6.43. The maximum absolute atomic E-state index is 5.21. The van der Waals surface area contributed by atoms with Crippen molar-refractivity contribution in [3.8, 4) is 0 Å². The number of aromatic nitrogens is 3. The van der Waals surface area contributed by atoms with Crippen molar-refractivity contribution in [3.63, 3.8) is 0 Å². The molecule has 0 unspecified atom stereocenters. The first kappa shape index (κ1) is 14.1. The highest BCUT2D eigenvalue weighted by Gasteiger charge is 2.14. The molecule has 0 aliphatic rings. The molecular weight excluding hydrogens is 264 g/mol. The van der Waals surface area contributed by atoms with Crippen molar-refractivity contribution in [1.82, 2.24) is 20.2 Å². The molecule has 0 saturated carbocycles. The smallest absolute Gasteiger partial charge is 0.240 e. The van der Waals surface area contributed by atoms with E-state index in [9.17, 15) is 0 Å². The lowest BCUT2D eigenvalue weighted by Gasteiger charge is -2.13. The van der Waals surface area contributed by atoms with E-state index in [-0.39, 0.29) is 0 Å². The molecule has 104 valence electrons. The third-order valence-corrected chi connectivity index (χ3v) is 3.34. The molecule has 0 aliphatic carbocycles. The van der Waals surface area contributed by atoms with Gasteiger partial charge in [0.05, 0.1) is 18.0 Å². The van der Waals surface area contributed by atoms with Gasteiger partial charge in [-0.05, 0) is 27.2 Å². The van der Waals surface area contributed by atoms with Gasteiger partial charge in [0, 0.05) is 12.1 Å². The number of rotatable bonds is 6. The van der Waals surface area contributed by atoms with E-state index in [0.717, 1.165) is 35.1 Å². The van der Waals surface area contributed by atoms with Crippen LogP contribution in [-0.4, -0.2) is 33.5 Å². The average Bonchev–Trinajstić information content (AvgIpc) is 2.91. The molecule has 2 aromatic rings. The molecule has 0 bridgehead atoms. The summed E-state index contributed by atoms with van der Waals surface area (Å²) in [6.45, 7) is 5.24. The van der Waals surface area contributed by atoms with Crippen LogP contribution < -0.4 is 0 Å². The van der Waals surface area contributed by atoms with Crippen molar-refractivity contribution in [2.24, 2.45) is 0 Å². The van der Waals surface area contributed by atoms with Gasteiger partial charge in [-0.2, -0.15) is 16.7 Å². The van der Waals surface area contributed by atoms with Gasteiger partial charge < -0.3 is 9.05 Å². The lowest BCUT2D eigenvalue weighted by molar-refractivity contribution is 0.258. The van der Waals surface area contributed by atoms with Crippen LogP contribution in [0.4, 0.5) is 0 Å². The summed E-state index contributed by atoms with van der Waals surface area (Å²) < 4.78 is 10.4. The molecular formula is C12H18N4O2S. The molecule has 0 amide bonds. The van der Waals surface area contributed by atoms with Crippen LogP contribution in [0.5, 0.6) is 0 Å². The first-order valence-electron chi connectivity index (χ1n) is 6.01. The normalized spacial score (nSPS) is 11.4. The zero-order valence-corrected chi connectivity index (χ0v) is 12.5. The van der Waals surface area contributed by atoms with E-state index in [4.69, 9.17) is 9.05 Å². The van der Waals surface area contributed by atoms with Gasteiger partial charge in [-0.1, -0.05) is 10.3 Å². The highest BCUT2D eigenvalue weighted by Crippen LogP contribution is 2.15. The Kier molecular flexibility index (Phi) is 4.60. The van der Waals surface area contributed by atoms with Gasteiger partial charge in [-0.25, -0.2) is 0 Å². The molecule has 0 N–H and O–H groups in total. The summed E-state index contributed by atoms with van der Waals surface area (Å²) in [6, 6.07) is 0. The Bertz CT molecular complexity index is 518. The van der Waals surface area contributed by atoms with Crippen molar-refractivity contribution < 1.29 is 9.05 Å². The Hall–Kier alpha value is -1.34. The van der Waals surface area contributed by atoms with Gasteiger partial charge in [0.1, 0.15) is 5.76 Å². The van der Waals surface area contributed by atoms with Crippen molar-refractivity contribution in [2.45, 2.75) is 32.7 Å². The monoisotopic (exact) mass is 282 g/mol. The molecule has 0 aliphatic heterocycles. The maximum Gasteiger partial charge on any atom is 0.240 e. The third kappa shape index (κ3) is 3.57. The molecule has 0 spiro atoms. The molecule has 19 heavy (non-hydrogen) atoms. The minimum atomic E-state index is 0.617. The van der Waals surface area contributed by atoms with Gasteiger partial charge in [0.25, 0.3) is 0 Å². The predicted octanol–water partition coefficient (Wildman–Crippen LogP) is 2.17. The standard InChI is InChI=1S/C12H18N4O2S/c1-8-10(9(2)17-14-8)5-16(3)6-12-13-11(7-19-4)15-18-12/h5-7H2,1-4H3. The fraction of sp³-hybridized carbons (Fsp3) is 0.583. The molecule has 2 heterocycles. The second-order valence-electron chi connectivity index (χ2n) is 4.51. The summed E-state index contributed by atoms with van der Waals surface area (Å²) in [5, 5.41) is 7.88. The van der Waals surface area contributed by atoms with Gasteiger partial charge in [-0.3, -0.25) is 4.90 Å². The molecule has 0 radical (unpaired) electrons. The SMILES string of the molecule is CSCc1noc(CN(C)Cc2c(C)noc2C)n1. The summed E-state index contributed by atoms with van der Waals surface area (Å²) >= 11 is 1.68. The molecule has 6 nitrogen and oxygen atoms in total. The van der Waals surface area contributed by atoms with Crippen LogP contribution in [0.3, 0.4) is 0 Å². The van der Waals surface area contributed by atoms with Crippen molar-refractivity contribution in [3.05, 3.63) is 28.7 Å². The van der Waals surface area contributed by atoms with Crippen molar-refractivity contribution >= 4 is 11.8 Å².